The number of methoxy groups -OCH3 is 2. The van der Waals surface area contributed by atoms with Crippen molar-refractivity contribution in [2.24, 2.45) is 7.05 Å². The van der Waals surface area contributed by atoms with Gasteiger partial charge in [0, 0.05) is 18.8 Å². The molecule has 1 fully saturated rings. The number of hydrogen-bond acceptors (Lipinski definition) is 6. The first-order valence-electron chi connectivity index (χ1n) is 10.6. The van der Waals surface area contributed by atoms with Crippen molar-refractivity contribution >= 4 is 5.91 Å². The van der Waals surface area contributed by atoms with Crippen molar-refractivity contribution in [3.05, 3.63) is 42.0 Å². The van der Waals surface area contributed by atoms with Crippen molar-refractivity contribution in [3.8, 4) is 22.9 Å². The Morgan fingerprint density at radius 2 is 1.81 bits per heavy atom. The minimum Gasteiger partial charge on any atom is -0.493 e. The number of nitrogens with zero attached hydrogens (tertiary/aromatic N) is 6. The maximum absolute atomic E-state index is 13.3. The minimum absolute atomic E-state index is 0.0422. The molecule has 2 aliphatic rings. The summed E-state index contributed by atoms with van der Waals surface area (Å²) in [5.74, 6) is 2.89. The van der Waals surface area contributed by atoms with Crippen LogP contribution in [0.2, 0.25) is 0 Å². The van der Waals surface area contributed by atoms with E-state index in [1.54, 1.807) is 31.2 Å². The predicted molar refractivity (Wildman–Crippen MR) is 113 cm³/mol. The van der Waals surface area contributed by atoms with Gasteiger partial charge < -0.3 is 18.9 Å². The van der Waals surface area contributed by atoms with Crippen molar-refractivity contribution in [2.75, 3.05) is 14.2 Å². The Labute approximate surface area is 180 Å². The molecule has 9 heteroatoms. The minimum atomic E-state index is -0.0422. The number of amides is 1. The van der Waals surface area contributed by atoms with E-state index >= 15 is 0 Å². The highest BCUT2D eigenvalue weighted by Crippen LogP contribution is 2.41. The molecular weight excluding hydrogens is 396 g/mol. The van der Waals surface area contributed by atoms with E-state index in [0.717, 1.165) is 42.9 Å². The van der Waals surface area contributed by atoms with Gasteiger partial charge in [0.1, 0.15) is 5.69 Å². The first-order valence-corrected chi connectivity index (χ1v) is 10.6. The second-order valence-electron chi connectivity index (χ2n) is 8.11. The fourth-order valence-corrected chi connectivity index (χ4v) is 4.88. The summed E-state index contributed by atoms with van der Waals surface area (Å²) in [6.07, 6.45) is 5.98. The van der Waals surface area contributed by atoms with Crippen LogP contribution in [0.5, 0.6) is 11.5 Å². The average Bonchev–Trinajstić information content (AvgIpc) is 3.44. The molecular formula is C22H26N6O3. The zero-order valence-corrected chi connectivity index (χ0v) is 18.0. The molecule has 9 nitrogen and oxygen atoms in total. The topological polar surface area (TPSA) is 87.3 Å². The Balaban J connectivity index is 1.55. The van der Waals surface area contributed by atoms with E-state index in [1.807, 2.05) is 30.1 Å². The number of aromatic nitrogens is 5. The van der Waals surface area contributed by atoms with Gasteiger partial charge in [-0.1, -0.05) is 12.8 Å². The lowest BCUT2D eigenvalue weighted by Gasteiger charge is -2.44. The standard InChI is InChI=1S/C22H26N6O3/c1-26-11-10-15(25-26)22(29)27-13-20-23-24-21(28(20)17-7-5-4-6-16(17)27)14-8-9-18(30-2)19(12-14)31-3/h8-12,16-17H,4-7,13H2,1-3H3/t16-,17+/m1/s1. The van der Waals surface area contributed by atoms with Crippen LogP contribution >= 0.6 is 0 Å². The number of rotatable bonds is 4. The largest absolute Gasteiger partial charge is 0.493 e. The van der Waals surface area contributed by atoms with Crippen LogP contribution in [0.25, 0.3) is 11.4 Å². The van der Waals surface area contributed by atoms with Gasteiger partial charge in [-0.15, -0.1) is 10.2 Å². The summed E-state index contributed by atoms with van der Waals surface area (Å²) in [5.41, 5.74) is 1.39. The van der Waals surface area contributed by atoms with Crippen LogP contribution in [-0.2, 0) is 13.6 Å². The van der Waals surface area contributed by atoms with Gasteiger partial charge in [-0.3, -0.25) is 9.48 Å². The Kier molecular flexibility index (Phi) is 4.88. The van der Waals surface area contributed by atoms with Gasteiger partial charge in [-0.25, -0.2) is 0 Å². The highest BCUT2D eigenvalue weighted by Gasteiger charge is 2.42. The first-order chi connectivity index (χ1) is 15.1. The molecule has 0 radical (unpaired) electrons. The predicted octanol–water partition coefficient (Wildman–Crippen LogP) is 2.84. The molecule has 0 N–H and O–H groups in total. The Morgan fingerprint density at radius 3 is 2.52 bits per heavy atom. The molecule has 0 unspecified atom stereocenters. The van der Waals surface area contributed by atoms with Crippen LogP contribution in [0.1, 0.15) is 48.0 Å². The summed E-state index contributed by atoms with van der Waals surface area (Å²) in [7, 11) is 5.07. The summed E-state index contributed by atoms with van der Waals surface area (Å²) >= 11 is 0. The summed E-state index contributed by atoms with van der Waals surface area (Å²) in [6.45, 7) is 0.427. The zero-order chi connectivity index (χ0) is 21.5. The molecule has 1 aliphatic carbocycles. The lowest BCUT2D eigenvalue weighted by Crippen LogP contribution is -2.50. The molecule has 1 aromatic carbocycles. The van der Waals surface area contributed by atoms with Crippen molar-refractivity contribution in [3.63, 3.8) is 0 Å². The fourth-order valence-electron chi connectivity index (χ4n) is 4.88. The summed E-state index contributed by atoms with van der Waals surface area (Å²) in [6, 6.07) is 7.80. The van der Waals surface area contributed by atoms with E-state index < -0.39 is 0 Å². The number of benzene rings is 1. The molecule has 0 spiro atoms. The molecule has 2 aromatic heterocycles. The van der Waals surface area contributed by atoms with E-state index in [1.165, 1.54) is 0 Å². The number of hydrogen-bond donors (Lipinski definition) is 0. The molecule has 5 rings (SSSR count). The third-order valence-corrected chi connectivity index (χ3v) is 6.34. The highest BCUT2D eigenvalue weighted by atomic mass is 16.5. The molecule has 1 amide bonds. The number of carbonyl (C=O) groups excluding carboxylic acids is 1. The monoisotopic (exact) mass is 422 g/mol. The maximum atomic E-state index is 13.3. The molecule has 1 aliphatic heterocycles. The molecule has 162 valence electrons. The summed E-state index contributed by atoms with van der Waals surface area (Å²) < 4.78 is 14.7. The summed E-state index contributed by atoms with van der Waals surface area (Å²) in [5, 5.41) is 13.3. The zero-order valence-electron chi connectivity index (χ0n) is 18.0. The van der Waals surface area contributed by atoms with Crippen molar-refractivity contribution in [2.45, 2.75) is 44.3 Å². The SMILES string of the molecule is COc1ccc(-c2nnc3n2[C@H]2CCCC[C@H]2N(C(=O)c2ccn(C)n2)C3)cc1OC. The van der Waals surface area contributed by atoms with Crippen molar-refractivity contribution < 1.29 is 14.3 Å². The van der Waals surface area contributed by atoms with Crippen LogP contribution in [-0.4, -0.2) is 55.6 Å². The van der Waals surface area contributed by atoms with E-state index in [9.17, 15) is 4.79 Å². The molecule has 2 atom stereocenters. The number of ether oxygens (including phenoxy) is 2. The van der Waals surface area contributed by atoms with Crippen LogP contribution in [0, 0.1) is 0 Å². The summed E-state index contributed by atoms with van der Waals surface area (Å²) in [4.78, 5) is 15.2. The lowest BCUT2D eigenvalue weighted by molar-refractivity contribution is 0.0414. The molecule has 0 bridgehead atoms. The Morgan fingerprint density at radius 1 is 1.03 bits per heavy atom. The van der Waals surface area contributed by atoms with Gasteiger partial charge >= 0.3 is 0 Å². The van der Waals surface area contributed by atoms with E-state index in [0.29, 0.717) is 23.7 Å². The van der Waals surface area contributed by atoms with Gasteiger partial charge in [0.2, 0.25) is 0 Å². The van der Waals surface area contributed by atoms with E-state index in [4.69, 9.17) is 9.47 Å². The smallest absolute Gasteiger partial charge is 0.275 e. The fraction of sp³-hybridized carbons (Fsp3) is 0.455. The van der Waals surface area contributed by atoms with Gasteiger partial charge in [-0.2, -0.15) is 5.10 Å². The molecule has 3 aromatic rings. The van der Waals surface area contributed by atoms with Gasteiger partial charge in [0.15, 0.2) is 23.1 Å². The van der Waals surface area contributed by atoms with E-state index in [2.05, 4.69) is 19.9 Å². The number of carbonyl (C=O) groups is 1. The highest BCUT2D eigenvalue weighted by molar-refractivity contribution is 5.92. The van der Waals surface area contributed by atoms with Gasteiger partial charge in [0.05, 0.1) is 32.8 Å². The molecule has 3 heterocycles. The van der Waals surface area contributed by atoms with Gasteiger partial charge in [-0.05, 0) is 37.1 Å². The maximum Gasteiger partial charge on any atom is 0.275 e. The van der Waals surface area contributed by atoms with Gasteiger partial charge in [0.25, 0.3) is 5.91 Å². The number of aryl methyl sites for hydroxylation is 1. The quantitative estimate of drug-likeness (QED) is 0.643. The second kappa shape index (κ2) is 7.72. The second-order valence-corrected chi connectivity index (χ2v) is 8.11. The van der Waals surface area contributed by atoms with Crippen molar-refractivity contribution in [1.29, 1.82) is 0 Å². The molecule has 0 saturated heterocycles. The van der Waals surface area contributed by atoms with Crippen LogP contribution in [0.15, 0.2) is 30.5 Å². The third kappa shape index (κ3) is 3.24. The van der Waals surface area contributed by atoms with E-state index in [-0.39, 0.29) is 18.0 Å². The lowest BCUT2D eigenvalue weighted by atomic mass is 9.87. The number of fused-ring (bicyclic) bond motifs is 3. The first kappa shape index (κ1) is 19.6. The normalized spacial score (nSPS) is 20.2. The third-order valence-electron chi connectivity index (χ3n) is 6.34. The van der Waals surface area contributed by atoms with Crippen LogP contribution in [0.3, 0.4) is 0 Å². The Hall–Kier alpha value is -3.36. The average molecular weight is 422 g/mol. The molecule has 1 saturated carbocycles. The van der Waals surface area contributed by atoms with Crippen molar-refractivity contribution in [1.82, 2.24) is 29.4 Å². The van der Waals surface area contributed by atoms with Crippen LogP contribution in [0.4, 0.5) is 0 Å². The van der Waals surface area contributed by atoms with Crippen LogP contribution < -0.4 is 9.47 Å². The molecule has 31 heavy (non-hydrogen) atoms. The Bertz CT molecular complexity index is 1120.